The second-order valence-corrected chi connectivity index (χ2v) is 12.3. The summed E-state index contributed by atoms with van der Waals surface area (Å²) >= 11 is 0. The highest BCUT2D eigenvalue weighted by atomic mass is 15.1. The molecule has 1 spiro atoms. The molecule has 242 valence electrons. The van der Waals surface area contributed by atoms with Crippen LogP contribution in [0.3, 0.4) is 0 Å². The van der Waals surface area contributed by atoms with E-state index >= 15 is 0 Å². The summed E-state index contributed by atoms with van der Waals surface area (Å²) in [7, 11) is 4.21. The number of hydrogen-bond donors (Lipinski definition) is 0. The fourth-order valence-electron chi connectivity index (χ4n) is 7.67. The van der Waals surface area contributed by atoms with Crippen LogP contribution in [0.1, 0.15) is 23.6 Å². The van der Waals surface area contributed by atoms with Gasteiger partial charge in [-0.25, -0.2) is 0 Å². The quantitative estimate of drug-likeness (QED) is 0.188. The van der Waals surface area contributed by atoms with Crippen molar-refractivity contribution < 1.29 is 0 Å². The maximum absolute atomic E-state index is 4.22. The minimum absolute atomic E-state index is 0.430. The molecule has 6 aromatic rings. The van der Waals surface area contributed by atoms with Crippen LogP contribution in [-0.2, 0) is 12.5 Å². The first-order valence-corrected chi connectivity index (χ1v) is 16.8. The van der Waals surface area contributed by atoms with Gasteiger partial charge in [-0.15, -0.1) is 0 Å². The molecule has 1 aliphatic carbocycles. The second-order valence-electron chi connectivity index (χ2n) is 12.3. The van der Waals surface area contributed by atoms with Gasteiger partial charge < -0.3 is 9.47 Å². The Morgan fingerprint density at radius 1 is 0.592 bits per heavy atom. The Morgan fingerprint density at radius 3 is 1.53 bits per heavy atom. The number of allylic oxidation sites excluding steroid dienone is 7. The molecule has 2 heteroatoms. The summed E-state index contributed by atoms with van der Waals surface area (Å²) in [6.07, 6.45) is 10.1. The molecule has 0 bridgehead atoms. The first kappa shape index (κ1) is 33.1. The molecule has 0 saturated heterocycles. The summed E-state index contributed by atoms with van der Waals surface area (Å²) in [5.41, 5.74) is 13.2. The molecular weight excluding hydrogens is 593 g/mol. The van der Waals surface area contributed by atoms with E-state index in [1.165, 1.54) is 55.2 Å². The van der Waals surface area contributed by atoms with Crippen LogP contribution in [0.5, 0.6) is 0 Å². The molecule has 0 unspecified atom stereocenters. The van der Waals surface area contributed by atoms with Crippen molar-refractivity contribution in [2.24, 2.45) is 7.05 Å². The van der Waals surface area contributed by atoms with E-state index in [1.807, 2.05) is 36.4 Å². The maximum atomic E-state index is 4.22. The van der Waals surface area contributed by atoms with E-state index in [0.29, 0.717) is 0 Å². The molecule has 0 N–H and O–H groups in total. The third kappa shape index (κ3) is 5.50. The zero-order valence-electron chi connectivity index (χ0n) is 29.0. The molecule has 5 aromatic carbocycles. The van der Waals surface area contributed by atoms with Crippen LogP contribution in [0.4, 0.5) is 0 Å². The number of benzene rings is 5. The molecule has 2 heterocycles. The van der Waals surface area contributed by atoms with Gasteiger partial charge in [0.1, 0.15) is 0 Å². The van der Waals surface area contributed by atoms with Crippen molar-refractivity contribution >= 4 is 21.8 Å². The summed E-state index contributed by atoms with van der Waals surface area (Å²) in [5.74, 6) is 0. The average molecular weight is 637 g/mol. The highest BCUT2D eigenvalue weighted by Gasteiger charge is 2.52. The number of rotatable bonds is 3. The molecule has 8 rings (SSSR count). The summed E-state index contributed by atoms with van der Waals surface area (Å²) in [5, 5.41) is 2.68. The number of hydrogen-bond acceptors (Lipinski definition) is 1. The zero-order chi connectivity index (χ0) is 34.5. The van der Waals surface area contributed by atoms with Crippen molar-refractivity contribution in [2.45, 2.75) is 19.3 Å². The summed E-state index contributed by atoms with van der Waals surface area (Å²) in [6.45, 7) is 16.5. The first-order chi connectivity index (χ1) is 23.9. The van der Waals surface area contributed by atoms with Crippen molar-refractivity contribution in [1.29, 1.82) is 0 Å². The van der Waals surface area contributed by atoms with Gasteiger partial charge in [-0.3, -0.25) is 0 Å². The van der Waals surface area contributed by atoms with Crippen molar-refractivity contribution in [1.82, 2.24) is 9.47 Å². The van der Waals surface area contributed by atoms with Gasteiger partial charge in [0.15, 0.2) is 0 Å². The van der Waals surface area contributed by atoms with Crippen molar-refractivity contribution in [3.63, 3.8) is 0 Å². The number of para-hydroxylation sites is 2. The maximum Gasteiger partial charge on any atom is 0.0753 e. The van der Waals surface area contributed by atoms with Crippen molar-refractivity contribution in [2.75, 3.05) is 7.05 Å². The zero-order valence-corrected chi connectivity index (χ0v) is 29.0. The Balaban J connectivity index is 0.000000162. The van der Waals surface area contributed by atoms with Crippen LogP contribution in [0.15, 0.2) is 200 Å². The van der Waals surface area contributed by atoms with E-state index in [1.54, 1.807) is 0 Å². The van der Waals surface area contributed by atoms with Crippen LogP contribution < -0.4 is 0 Å². The standard InChI is InChI=1S/C27H25N.C13H11N.C7H8/c1-6-14-24-26(9-4)28(5)25(8-3)21(7-2)27(24)22-17-12-10-15-19(22)20-16-11-13-18-23(20)27;1-14-12-8-4-2-6-10(12)11-7-3-5-9-13(11)14;1-7-5-3-2-4-6-7/h6-18H,1-3H2,4-5H3;2-9H,1H3;2-6H,1H3/b24-14+,26-9+;;. The molecule has 2 aliphatic rings. The Morgan fingerprint density at radius 2 is 1.08 bits per heavy atom. The highest BCUT2D eigenvalue weighted by Crippen LogP contribution is 2.61. The normalized spacial score (nSPS) is 15.7. The fourth-order valence-corrected chi connectivity index (χ4v) is 7.67. The Bertz CT molecular complexity index is 2170. The van der Waals surface area contributed by atoms with Crippen LogP contribution in [-0.4, -0.2) is 16.5 Å². The topological polar surface area (TPSA) is 8.17 Å². The van der Waals surface area contributed by atoms with Gasteiger partial charge in [0.25, 0.3) is 0 Å². The molecule has 0 saturated carbocycles. The molecular formula is C47H44N2. The SMILES string of the molecule is C=C/C=C1\C(=C/C)N(C)C(C=C)=C(C=C)C12c1ccccc1-c1ccccc12.Cc1ccccc1.Cn1c2ccccc2c2ccccc21. The lowest BCUT2D eigenvalue weighted by Gasteiger charge is -2.46. The molecule has 0 atom stereocenters. The van der Waals surface area contributed by atoms with E-state index < -0.39 is 5.41 Å². The lowest BCUT2D eigenvalue weighted by Crippen LogP contribution is -2.40. The molecule has 1 aliphatic heterocycles. The number of fused-ring (bicyclic) bond motifs is 8. The number of aromatic nitrogens is 1. The minimum atomic E-state index is -0.430. The van der Waals surface area contributed by atoms with Gasteiger partial charge in [-0.05, 0) is 65.5 Å². The van der Waals surface area contributed by atoms with Gasteiger partial charge in [0, 0.05) is 47.3 Å². The molecule has 2 nitrogen and oxygen atoms in total. The van der Waals surface area contributed by atoms with E-state index in [0.717, 1.165) is 17.0 Å². The Hall–Kier alpha value is -5.86. The second kappa shape index (κ2) is 14.1. The number of nitrogens with zero attached hydrogens (tertiary/aromatic N) is 2. The van der Waals surface area contributed by atoms with Gasteiger partial charge in [0.05, 0.1) is 5.41 Å². The van der Waals surface area contributed by atoms with E-state index in [-0.39, 0.29) is 0 Å². The monoisotopic (exact) mass is 636 g/mol. The minimum Gasteiger partial charge on any atom is -0.344 e. The Labute approximate surface area is 291 Å². The largest absolute Gasteiger partial charge is 0.344 e. The molecule has 1 aromatic heterocycles. The predicted molar refractivity (Wildman–Crippen MR) is 211 cm³/mol. The van der Waals surface area contributed by atoms with Crippen LogP contribution in [0, 0.1) is 6.92 Å². The van der Waals surface area contributed by atoms with Crippen LogP contribution >= 0.6 is 0 Å². The van der Waals surface area contributed by atoms with Gasteiger partial charge in [0.2, 0.25) is 0 Å². The first-order valence-electron chi connectivity index (χ1n) is 16.8. The predicted octanol–water partition coefficient (Wildman–Crippen LogP) is 11.9. The smallest absolute Gasteiger partial charge is 0.0753 e. The van der Waals surface area contributed by atoms with E-state index in [9.17, 15) is 0 Å². The summed E-state index contributed by atoms with van der Waals surface area (Å²) in [6, 6.07) is 44.7. The van der Waals surface area contributed by atoms with Gasteiger partial charge >= 0.3 is 0 Å². The van der Waals surface area contributed by atoms with E-state index in [4.69, 9.17) is 0 Å². The molecule has 0 radical (unpaired) electrons. The summed E-state index contributed by atoms with van der Waals surface area (Å²) in [4.78, 5) is 2.20. The lowest BCUT2D eigenvalue weighted by atomic mass is 9.63. The van der Waals surface area contributed by atoms with Crippen molar-refractivity contribution in [3.05, 3.63) is 217 Å². The molecule has 49 heavy (non-hydrogen) atoms. The number of likely N-dealkylation sites (N-methyl/N-ethyl adjacent to an activating group) is 1. The number of aryl methyl sites for hydroxylation is 2. The van der Waals surface area contributed by atoms with Gasteiger partial charge in [-0.2, -0.15) is 0 Å². The lowest BCUT2D eigenvalue weighted by molar-refractivity contribution is 0.482. The van der Waals surface area contributed by atoms with E-state index in [2.05, 4.69) is 178 Å². The molecule has 0 amide bonds. The third-order valence-electron chi connectivity index (χ3n) is 9.75. The van der Waals surface area contributed by atoms with Crippen LogP contribution in [0.2, 0.25) is 0 Å². The van der Waals surface area contributed by atoms with Crippen molar-refractivity contribution in [3.8, 4) is 11.1 Å². The van der Waals surface area contributed by atoms with Gasteiger partial charge in [-0.1, -0.05) is 165 Å². The van der Waals surface area contributed by atoms with Crippen LogP contribution in [0.25, 0.3) is 32.9 Å². The Kier molecular flexibility index (Phi) is 9.51. The third-order valence-corrected chi connectivity index (χ3v) is 9.75. The average Bonchev–Trinajstić information content (AvgIpc) is 3.60. The molecule has 0 fully saturated rings. The summed E-state index contributed by atoms with van der Waals surface area (Å²) < 4.78 is 2.24. The fraction of sp³-hybridized carbons (Fsp3) is 0.106. The highest BCUT2D eigenvalue weighted by molar-refractivity contribution is 6.07.